The summed E-state index contributed by atoms with van der Waals surface area (Å²) in [5, 5.41) is 3.44. The van der Waals surface area contributed by atoms with Crippen molar-refractivity contribution >= 4 is 5.69 Å². The van der Waals surface area contributed by atoms with Gasteiger partial charge in [-0.25, -0.2) is 0 Å². The molecule has 0 amide bonds. The Bertz CT molecular complexity index is 441. The van der Waals surface area contributed by atoms with Gasteiger partial charge in [-0.1, -0.05) is 25.5 Å². The van der Waals surface area contributed by atoms with Crippen molar-refractivity contribution in [3.63, 3.8) is 0 Å². The van der Waals surface area contributed by atoms with Crippen LogP contribution < -0.4 is 5.32 Å². The fraction of sp³-hybridized carbons (Fsp3) is 0.667. The predicted octanol–water partition coefficient (Wildman–Crippen LogP) is 3.85. The second kappa shape index (κ2) is 6.62. The summed E-state index contributed by atoms with van der Waals surface area (Å²) in [6.07, 6.45) is 9.33. The summed E-state index contributed by atoms with van der Waals surface area (Å²) in [7, 11) is 0. The number of benzene rings is 1. The fourth-order valence-electron chi connectivity index (χ4n) is 3.82. The summed E-state index contributed by atoms with van der Waals surface area (Å²) in [4.78, 5) is 2.73. The summed E-state index contributed by atoms with van der Waals surface area (Å²) < 4.78 is 0. The van der Waals surface area contributed by atoms with E-state index in [9.17, 15) is 0 Å². The van der Waals surface area contributed by atoms with E-state index in [1.165, 1.54) is 74.8 Å². The second-order valence-electron chi connectivity index (χ2n) is 6.37. The SMILES string of the molecule is CCC1CCCCN1CCCc1ccc2c(c1)CCN2. The van der Waals surface area contributed by atoms with Gasteiger partial charge in [0.1, 0.15) is 0 Å². The smallest absolute Gasteiger partial charge is 0.0373 e. The largest absolute Gasteiger partial charge is 0.384 e. The van der Waals surface area contributed by atoms with Gasteiger partial charge in [-0.3, -0.25) is 0 Å². The van der Waals surface area contributed by atoms with Gasteiger partial charge in [0.05, 0.1) is 0 Å². The van der Waals surface area contributed by atoms with Gasteiger partial charge in [-0.05, 0) is 68.8 Å². The first-order valence-corrected chi connectivity index (χ1v) is 8.46. The first-order chi connectivity index (χ1) is 9.86. The molecule has 0 spiro atoms. The molecule has 0 aliphatic carbocycles. The number of aryl methyl sites for hydroxylation is 1. The maximum atomic E-state index is 3.44. The molecule has 1 atom stereocenters. The van der Waals surface area contributed by atoms with Crippen LogP contribution in [0.5, 0.6) is 0 Å². The zero-order valence-corrected chi connectivity index (χ0v) is 12.8. The number of piperidine rings is 1. The van der Waals surface area contributed by atoms with E-state index < -0.39 is 0 Å². The number of anilines is 1. The first-order valence-electron chi connectivity index (χ1n) is 8.46. The molecule has 1 saturated heterocycles. The number of hydrogen-bond acceptors (Lipinski definition) is 2. The van der Waals surface area contributed by atoms with Crippen LogP contribution in [0.3, 0.4) is 0 Å². The number of fused-ring (bicyclic) bond motifs is 1. The quantitative estimate of drug-likeness (QED) is 0.876. The number of nitrogens with zero attached hydrogens (tertiary/aromatic N) is 1. The Morgan fingerprint density at radius 3 is 3.15 bits per heavy atom. The van der Waals surface area contributed by atoms with Gasteiger partial charge in [0.15, 0.2) is 0 Å². The molecule has 1 N–H and O–H groups in total. The standard InChI is InChI=1S/C18H28N2/c1-2-17-7-3-4-12-20(17)13-5-6-15-8-9-18-16(14-15)10-11-19-18/h8-9,14,17,19H,2-7,10-13H2,1H3. The van der Waals surface area contributed by atoms with E-state index in [4.69, 9.17) is 0 Å². The maximum Gasteiger partial charge on any atom is 0.0373 e. The first kappa shape index (κ1) is 13.9. The molecule has 0 aromatic heterocycles. The van der Waals surface area contributed by atoms with Crippen molar-refractivity contribution in [2.45, 2.75) is 57.9 Å². The summed E-state index contributed by atoms with van der Waals surface area (Å²) >= 11 is 0. The minimum Gasteiger partial charge on any atom is -0.384 e. The van der Waals surface area contributed by atoms with E-state index >= 15 is 0 Å². The fourth-order valence-corrected chi connectivity index (χ4v) is 3.82. The lowest BCUT2D eigenvalue weighted by molar-refractivity contribution is 0.142. The molecule has 3 rings (SSSR count). The highest BCUT2D eigenvalue weighted by Crippen LogP contribution is 2.24. The average Bonchev–Trinajstić information content (AvgIpc) is 2.95. The van der Waals surface area contributed by atoms with Crippen LogP contribution >= 0.6 is 0 Å². The molecule has 2 aliphatic heterocycles. The predicted molar refractivity (Wildman–Crippen MR) is 86.5 cm³/mol. The van der Waals surface area contributed by atoms with E-state index in [0.717, 1.165) is 12.6 Å². The molecule has 1 unspecified atom stereocenters. The Labute approximate surface area is 123 Å². The highest BCUT2D eigenvalue weighted by Gasteiger charge is 2.19. The number of likely N-dealkylation sites (tertiary alicyclic amines) is 1. The van der Waals surface area contributed by atoms with Gasteiger partial charge in [-0.2, -0.15) is 0 Å². The Balaban J connectivity index is 1.49. The lowest BCUT2D eigenvalue weighted by atomic mass is 9.99. The third-order valence-corrected chi connectivity index (χ3v) is 5.01. The zero-order valence-electron chi connectivity index (χ0n) is 12.8. The summed E-state index contributed by atoms with van der Waals surface area (Å²) in [5.74, 6) is 0. The molecule has 2 heteroatoms. The molecular formula is C18H28N2. The summed E-state index contributed by atoms with van der Waals surface area (Å²) in [6.45, 7) is 6.07. The molecule has 1 aromatic carbocycles. The van der Waals surface area contributed by atoms with E-state index in [0.29, 0.717) is 0 Å². The van der Waals surface area contributed by atoms with Gasteiger partial charge in [0.2, 0.25) is 0 Å². The number of rotatable bonds is 5. The van der Waals surface area contributed by atoms with E-state index in [1.807, 2.05) is 0 Å². The van der Waals surface area contributed by atoms with Gasteiger partial charge >= 0.3 is 0 Å². The highest BCUT2D eigenvalue weighted by atomic mass is 15.2. The summed E-state index contributed by atoms with van der Waals surface area (Å²) in [6, 6.07) is 7.86. The molecule has 110 valence electrons. The van der Waals surface area contributed by atoms with Gasteiger partial charge in [0, 0.05) is 18.3 Å². The van der Waals surface area contributed by atoms with Crippen LogP contribution in [0.25, 0.3) is 0 Å². The minimum atomic E-state index is 0.855. The second-order valence-corrected chi connectivity index (χ2v) is 6.37. The molecule has 2 nitrogen and oxygen atoms in total. The Morgan fingerprint density at radius 2 is 2.25 bits per heavy atom. The van der Waals surface area contributed by atoms with E-state index in [1.54, 1.807) is 0 Å². The van der Waals surface area contributed by atoms with Crippen LogP contribution in [0.4, 0.5) is 5.69 Å². The van der Waals surface area contributed by atoms with Crippen LogP contribution in [0.15, 0.2) is 18.2 Å². The van der Waals surface area contributed by atoms with Crippen molar-refractivity contribution in [2.75, 3.05) is 25.0 Å². The molecule has 0 bridgehead atoms. The average molecular weight is 272 g/mol. The third kappa shape index (κ3) is 3.17. The molecule has 0 radical (unpaired) electrons. The molecular weight excluding hydrogens is 244 g/mol. The molecule has 2 aliphatic rings. The van der Waals surface area contributed by atoms with Crippen molar-refractivity contribution in [3.8, 4) is 0 Å². The van der Waals surface area contributed by atoms with Gasteiger partial charge < -0.3 is 10.2 Å². The van der Waals surface area contributed by atoms with Crippen molar-refractivity contribution in [3.05, 3.63) is 29.3 Å². The van der Waals surface area contributed by atoms with Crippen molar-refractivity contribution in [2.24, 2.45) is 0 Å². The zero-order chi connectivity index (χ0) is 13.8. The molecule has 20 heavy (non-hydrogen) atoms. The van der Waals surface area contributed by atoms with Crippen molar-refractivity contribution in [1.82, 2.24) is 4.90 Å². The molecule has 2 heterocycles. The van der Waals surface area contributed by atoms with E-state index in [-0.39, 0.29) is 0 Å². The lowest BCUT2D eigenvalue weighted by Crippen LogP contribution is -2.39. The van der Waals surface area contributed by atoms with E-state index in [2.05, 4.69) is 35.3 Å². The Morgan fingerprint density at radius 1 is 1.30 bits per heavy atom. The maximum absolute atomic E-state index is 3.44. The number of nitrogens with one attached hydrogen (secondary N) is 1. The van der Waals surface area contributed by atoms with Crippen LogP contribution in [-0.2, 0) is 12.8 Å². The topological polar surface area (TPSA) is 15.3 Å². The molecule has 0 saturated carbocycles. The van der Waals surface area contributed by atoms with Crippen molar-refractivity contribution in [1.29, 1.82) is 0 Å². The number of hydrogen-bond donors (Lipinski definition) is 1. The van der Waals surface area contributed by atoms with Crippen LogP contribution in [-0.4, -0.2) is 30.6 Å². The third-order valence-electron chi connectivity index (χ3n) is 5.01. The van der Waals surface area contributed by atoms with Gasteiger partial charge in [0.25, 0.3) is 0 Å². The minimum absolute atomic E-state index is 0.855. The summed E-state index contributed by atoms with van der Waals surface area (Å²) in [5.41, 5.74) is 4.40. The van der Waals surface area contributed by atoms with Crippen LogP contribution in [0.2, 0.25) is 0 Å². The lowest BCUT2D eigenvalue weighted by Gasteiger charge is -2.35. The highest BCUT2D eigenvalue weighted by molar-refractivity contribution is 5.56. The van der Waals surface area contributed by atoms with Crippen LogP contribution in [0, 0.1) is 0 Å². The normalized spacial score (nSPS) is 22.6. The molecule has 1 fully saturated rings. The van der Waals surface area contributed by atoms with Crippen LogP contribution in [0.1, 0.15) is 50.2 Å². The molecule has 1 aromatic rings. The van der Waals surface area contributed by atoms with Crippen molar-refractivity contribution < 1.29 is 0 Å². The van der Waals surface area contributed by atoms with Gasteiger partial charge in [-0.15, -0.1) is 0 Å². The Hall–Kier alpha value is -1.02. The Kier molecular flexibility index (Phi) is 4.62. The monoisotopic (exact) mass is 272 g/mol.